The van der Waals surface area contributed by atoms with Crippen LogP contribution in [0.2, 0.25) is 0 Å². The van der Waals surface area contributed by atoms with Gasteiger partial charge in [-0.1, -0.05) is 36.4 Å². The van der Waals surface area contributed by atoms with Gasteiger partial charge in [-0.2, -0.15) is 0 Å². The Hall–Kier alpha value is -3.03. The fourth-order valence-electron chi connectivity index (χ4n) is 4.17. The second-order valence-electron chi connectivity index (χ2n) is 7.61. The molecule has 0 fully saturated rings. The van der Waals surface area contributed by atoms with Crippen LogP contribution in [0.25, 0.3) is 22.2 Å². The minimum absolute atomic E-state index is 0. The summed E-state index contributed by atoms with van der Waals surface area (Å²) >= 11 is 0. The number of ether oxygens (including phenoxy) is 1. The van der Waals surface area contributed by atoms with Crippen LogP contribution in [0.15, 0.2) is 52.4 Å². The van der Waals surface area contributed by atoms with E-state index in [2.05, 4.69) is 68.1 Å². The smallest absolute Gasteiger partial charge is 0.310 e. The normalized spacial score (nSPS) is 14.5. The van der Waals surface area contributed by atoms with Crippen LogP contribution in [0, 0.1) is 0 Å². The van der Waals surface area contributed by atoms with E-state index in [0.717, 1.165) is 76.7 Å². The molecule has 3 N–H and O–H groups in total. The van der Waals surface area contributed by atoms with Crippen LogP contribution in [0.5, 0.6) is 0 Å². The van der Waals surface area contributed by atoms with Crippen LogP contribution < -0.4 is 10.6 Å². The molecule has 0 radical (unpaired) electrons. The molecule has 3 heterocycles. The number of nitrogens with zero attached hydrogens (tertiary/aromatic N) is 2. The number of halogens is 2. The van der Waals surface area contributed by atoms with E-state index in [1.165, 1.54) is 0 Å². The summed E-state index contributed by atoms with van der Waals surface area (Å²) in [6.45, 7) is 5.55. The number of aliphatic imine (C=N–C) groups is 2. The molecule has 1 aromatic heterocycles. The zero-order valence-electron chi connectivity index (χ0n) is 18.3. The fraction of sp³-hybridized carbons (Fsp3) is 0.292. The average molecular weight is 488 g/mol. The van der Waals surface area contributed by atoms with Gasteiger partial charge in [0.2, 0.25) is 0 Å². The van der Waals surface area contributed by atoms with Gasteiger partial charge in [0, 0.05) is 35.1 Å². The zero-order valence-corrected chi connectivity index (χ0v) is 19.9. The summed E-state index contributed by atoms with van der Waals surface area (Å²) in [5, 5.41) is 7.64. The molecule has 2 aliphatic rings. The van der Waals surface area contributed by atoms with Crippen molar-refractivity contribution in [1.29, 1.82) is 0 Å². The number of benzene rings is 2. The van der Waals surface area contributed by atoms with Crippen molar-refractivity contribution in [2.24, 2.45) is 9.98 Å². The van der Waals surface area contributed by atoms with Crippen LogP contribution in [-0.4, -0.2) is 55.4 Å². The molecule has 7 nitrogen and oxygen atoms in total. The Balaban J connectivity index is 0.00000153. The second kappa shape index (κ2) is 10.7. The van der Waals surface area contributed by atoms with E-state index in [-0.39, 0.29) is 37.2 Å². The molecular formula is C24H27Cl2N5O2. The van der Waals surface area contributed by atoms with Crippen molar-refractivity contribution in [1.82, 2.24) is 15.6 Å². The summed E-state index contributed by atoms with van der Waals surface area (Å²) in [6, 6.07) is 14.5. The van der Waals surface area contributed by atoms with Crippen molar-refractivity contribution >= 4 is 53.4 Å². The SMILES string of the molecule is CCOC(=O)Cc1c(-c2ccc(C3=NCCN3)cc2)[nH]c2cc(C3=NCCN3)ccc12.Cl.Cl. The number of amidine groups is 2. The van der Waals surface area contributed by atoms with Crippen LogP contribution in [0.1, 0.15) is 23.6 Å². The molecular weight excluding hydrogens is 461 g/mol. The number of nitrogens with one attached hydrogen (secondary N) is 3. The third kappa shape index (κ3) is 4.99. The Kier molecular flexibility index (Phi) is 8.00. The van der Waals surface area contributed by atoms with E-state index in [0.29, 0.717) is 6.61 Å². The molecule has 33 heavy (non-hydrogen) atoms. The van der Waals surface area contributed by atoms with Gasteiger partial charge in [-0.25, -0.2) is 0 Å². The predicted molar refractivity (Wildman–Crippen MR) is 137 cm³/mol. The highest BCUT2D eigenvalue weighted by atomic mass is 35.5. The van der Waals surface area contributed by atoms with E-state index >= 15 is 0 Å². The van der Waals surface area contributed by atoms with Gasteiger partial charge in [0.15, 0.2) is 0 Å². The third-order valence-electron chi connectivity index (χ3n) is 5.60. The lowest BCUT2D eigenvalue weighted by atomic mass is 10.0. The van der Waals surface area contributed by atoms with Gasteiger partial charge in [0.1, 0.15) is 11.7 Å². The van der Waals surface area contributed by atoms with Crippen molar-refractivity contribution in [3.63, 3.8) is 0 Å². The number of carbonyl (C=O) groups is 1. The first-order chi connectivity index (χ1) is 15.2. The minimum atomic E-state index is -0.225. The molecule has 0 unspecified atom stereocenters. The molecule has 0 saturated carbocycles. The number of H-pyrrole nitrogens is 1. The Morgan fingerprint density at radius 1 is 0.909 bits per heavy atom. The molecule has 9 heteroatoms. The third-order valence-corrected chi connectivity index (χ3v) is 5.60. The number of fused-ring (bicyclic) bond motifs is 1. The van der Waals surface area contributed by atoms with Crippen molar-refractivity contribution in [3.8, 4) is 11.3 Å². The lowest BCUT2D eigenvalue weighted by molar-refractivity contribution is -0.142. The summed E-state index contributed by atoms with van der Waals surface area (Å²) in [7, 11) is 0. The molecule has 0 aliphatic carbocycles. The van der Waals surface area contributed by atoms with E-state index in [1.807, 2.05) is 6.92 Å². The summed E-state index contributed by atoms with van der Waals surface area (Å²) < 4.78 is 5.24. The quantitative estimate of drug-likeness (QED) is 0.464. The lowest BCUT2D eigenvalue weighted by Gasteiger charge is -2.07. The first kappa shape index (κ1) is 24.6. The van der Waals surface area contributed by atoms with Crippen molar-refractivity contribution in [2.75, 3.05) is 32.8 Å². The van der Waals surface area contributed by atoms with E-state index in [4.69, 9.17) is 4.74 Å². The first-order valence-corrected chi connectivity index (χ1v) is 10.7. The van der Waals surface area contributed by atoms with Crippen LogP contribution >= 0.6 is 24.8 Å². The molecule has 2 aromatic carbocycles. The monoisotopic (exact) mass is 487 g/mol. The highest BCUT2D eigenvalue weighted by Crippen LogP contribution is 2.32. The molecule has 0 atom stereocenters. The predicted octanol–water partition coefficient (Wildman–Crippen LogP) is 3.48. The van der Waals surface area contributed by atoms with Gasteiger partial charge >= 0.3 is 5.97 Å². The highest BCUT2D eigenvalue weighted by Gasteiger charge is 2.19. The van der Waals surface area contributed by atoms with Gasteiger partial charge in [0.25, 0.3) is 0 Å². The van der Waals surface area contributed by atoms with Crippen molar-refractivity contribution < 1.29 is 9.53 Å². The number of hydrogen-bond donors (Lipinski definition) is 3. The Labute approximate surface area is 204 Å². The van der Waals surface area contributed by atoms with Crippen molar-refractivity contribution in [3.05, 3.63) is 59.2 Å². The maximum atomic E-state index is 12.4. The molecule has 174 valence electrons. The molecule has 0 saturated heterocycles. The highest BCUT2D eigenvalue weighted by molar-refractivity contribution is 6.04. The van der Waals surface area contributed by atoms with Crippen molar-refractivity contribution in [2.45, 2.75) is 13.3 Å². The number of aromatic amines is 1. The summed E-state index contributed by atoms with van der Waals surface area (Å²) in [6.07, 6.45) is 0.220. The number of esters is 1. The topological polar surface area (TPSA) is 90.9 Å². The summed E-state index contributed by atoms with van der Waals surface area (Å²) in [5.74, 6) is 1.63. The largest absolute Gasteiger partial charge is 0.466 e. The van der Waals surface area contributed by atoms with Crippen LogP contribution in [0.3, 0.4) is 0 Å². The summed E-state index contributed by atoms with van der Waals surface area (Å²) in [4.78, 5) is 24.9. The molecule has 0 spiro atoms. The maximum absolute atomic E-state index is 12.4. The standard InChI is InChI=1S/C24H25N5O2.2ClH/c1-2-31-21(30)14-19-18-8-7-17(24-27-11-12-28-24)13-20(18)29-22(19)15-3-5-16(6-4-15)23-25-9-10-26-23;;/h3-8,13,29H,2,9-12,14H2,1H3,(H,25,26)(H,27,28);2*1H. The molecule has 3 aromatic rings. The number of carbonyl (C=O) groups excluding carboxylic acids is 1. The van der Waals surface area contributed by atoms with Gasteiger partial charge in [-0.05, 0) is 24.1 Å². The second-order valence-corrected chi connectivity index (χ2v) is 7.61. The number of rotatable bonds is 6. The van der Waals surface area contributed by atoms with Gasteiger partial charge in [-0.15, -0.1) is 24.8 Å². The zero-order chi connectivity index (χ0) is 21.2. The molecule has 2 aliphatic heterocycles. The van der Waals surface area contributed by atoms with Gasteiger partial charge < -0.3 is 20.4 Å². The van der Waals surface area contributed by atoms with Gasteiger partial charge in [0.05, 0.1) is 31.8 Å². The Morgan fingerprint density at radius 2 is 1.52 bits per heavy atom. The van der Waals surface area contributed by atoms with E-state index in [9.17, 15) is 4.79 Å². The molecule has 5 rings (SSSR count). The van der Waals surface area contributed by atoms with E-state index < -0.39 is 0 Å². The average Bonchev–Trinajstić information content (AvgIpc) is 3.55. The van der Waals surface area contributed by atoms with E-state index in [1.54, 1.807) is 0 Å². The summed E-state index contributed by atoms with van der Waals surface area (Å²) in [5.41, 5.74) is 6.00. The number of hydrogen-bond acceptors (Lipinski definition) is 6. The van der Waals surface area contributed by atoms with Crippen LogP contribution in [0.4, 0.5) is 0 Å². The molecule has 0 bridgehead atoms. The fourth-order valence-corrected chi connectivity index (χ4v) is 4.17. The molecule has 0 amide bonds. The Morgan fingerprint density at radius 3 is 2.12 bits per heavy atom. The number of aromatic nitrogens is 1. The Bertz CT molecular complexity index is 1200. The maximum Gasteiger partial charge on any atom is 0.310 e. The van der Waals surface area contributed by atoms with Gasteiger partial charge in [-0.3, -0.25) is 14.8 Å². The minimum Gasteiger partial charge on any atom is -0.466 e. The first-order valence-electron chi connectivity index (χ1n) is 10.7. The van der Waals surface area contributed by atoms with Crippen LogP contribution in [-0.2, 0) is 16.0 Å². The lowest BCUT2D eigenvalue weighted by Crippen LogP contribution is -2.19.